The number of para-hydroxylation sites is 1. The molecule has 216 valence electrons. The first-order valence-electron chi connectivity index (χ1n) is 14.8. The molecule has 7 heteroatoms. The van der Waals surface area contributed by atoms with Crippen LogP contribution < -0.4 is 15.4 Å². The highest BCUT2D eigenvalue weighted by molar-refractivity contribution is 6.06. The molecular formula is C34H42N4O3. The highest BCUT2D eigenvalue weighted by Crippen LogP contribution is 2.23. The number of amides is 2. The molecule has 0 aliphatic heterocycles. The zero-order valence-electron chi connectivity index (χ0n) is 24.5. The lowest BCUT2D eigenvalue weighted by atomic mass is 10.1. The molecule has 1 heterocycles. The Labute approximate surface area is 243 Å². The molecule has 0 atom stereocenters. The first-order chi connectivity index (χ1) is 19.9. The number of imidazole rings is 1. The maximum Gasteiger partial charge on any atom is 0.412 e. The van der Waals surface area contributed by atoms with Crippen LogP contribution in [0, 0.1) is 5.92 Å². The number of carbonyl (C=O) groups is 2. The molecule has 2 amide bonds. The lowest BCUT2D eigenvalue weighted by Crippen LogP contribution is -2.27. The van der Waals surface area contributed by atoms with E-state index in [4.69, 9.17) is 9.72 Å². The Kier molecular flexibility index (Phi) is 10.9. The summed E-state index contributed by atoms with van der Waals surface area (Å²) in [5, 5.41) is 5.78. The fraction of sp³-hybridized carbons (Fsp3) is 0.382. The molecule has 0 radical (unpaired) electrons. The first-order valence-corrected chi connectivity index (χ1v) is 14.8. The maximum atomic E-state index is 12.9. The maximum absolute atomic E-state index is 12.9. The van der Waals surface area contributed by atoms with Crippen molar-refractivity contribution in [3.63, 3.8) is 0 Å². The minimum Gasteiger partial charge on any atom is -0.410 e. The predicted molar refractivity (Wildman–Crippen MR) is 166 cm³/mol. The zero-order valence-corrected chi connectivity index (χ0v) is 24.5. The van der Waals surface area contributed by atoms with Gasteiger partial charge in [0.25, 0.3) is 5.91 Å². The third kappa shape index (κ3) is 8.93. The number of nitrogens with one attached hydrogen (secondary N) is 2. The monoisotopic (exact) mass is 554 g/mol. The summed E-state index contributed by atoms with van der Waals surface area (Å²) in [5.74, 6) is 1.85. The molecule has 4 rings (SSSR count). The predicted octanol–water partition coefficient (Wildman–Crippen LogP) is 7.98. The normalized spacial score (nSPS) is 11.1. The Morgan fingerprint density at radius 1 is 0.927 bits per heavy atom. The summed E-state index contributed by atoms with van der Waals surface area (Å²) in [4.78, 5) is 30.0. The molecule has 3 aromatic carbocycles. The summed E-state index contributed by atoms with van der Waals surface area (Å²) in [6.07, 6.45) is 6.95. The fourth-order valence-corrected chi connectivity index (χ4v) is 4.74. The molecule has 4 aromatic rings. The quantitative estimate of drug-likeness (QED) is 0.155. The Balaban J connectivity index is 1.43. The van der Waals surface area contributed by atoms with Crippen molar-refractivity contribution in [2.45, 2.75) is 72.3 Å². The number of hydrogen-bond donors (Lipinski definition) is 2. The molecule has 0 saturated carbocycles. The van der Waals surface area contributed by atoms with Gasteiger partial charge in [-0.2, -0.15) is 0 Å². The van der Waals surface area contributed by atoms with Crippen molar-refractivity contribution >= 4 is 28.7 Å². The number of rotatable bonds is 14. The molecule has 7 nitrogen and oxygen atoms in total. The summed E-state index contributed by atoms with van der Waals surface area (Å²) in [6.45, 7) is 8.09. The number of aryl methyl sites for hydroxylation is 1. The second-order valence-corrected chi connectivity index (χ2v) is 10.9. The Bertz CT molecular complexity index is 1410. The first kappa shape index (κ1) is 29.8. The van der Waals surface area contributed by atoms with Gasteiger partial charge in [0, 0.05) is 30.8 Å². The lowest BCUT2D eigenvalue weighted by Gasteiger charge is -2.12. The topological polar surface area (TPSA) is 85.2 Å². The fourth-order valence-electron chi connectivity index (χ4n) is 4.74. The van der Waals surface area contributed by atoms with Gasteiger partial charge >= 0.3 is 6.09 Å². The standard InChI is InChI=1S/C34H42N4O3/c1-4-5-6-7-11-21-35-34(40)41-29-17-14-26(15-18-29)23-32-37-30-24-27(33(39)36-28-12-9-8-10-13-28)16-19-31(30)38(32)22-20-25(2)3/h8-10,12-19,24-25H,4-7,11,20-23H2,1-3H3,(H,35,40)(H,36,39). The van der Waals surface area contributed by atoms with Gasteiger partial charge in [-0.05, 0) is 66.8 Å². The molecule has 0 spiro atoms. The summed E-state index contributed by atoms with van der Waals surface area (Å²) in [5.41, 5.74) is 4.21. The van der Waals surface area contributed by atoms with Crippen LogP contribution in [-0.4, -0.2) is 28.1 Å². The van der Waals surface area contributed by atoms with E-state index in [2.05, 4.69) is 36.0 Å². The van der Waals surface area contributed by atoms with Crippen LogP contribution >= 0.6 is 0 Å². The van der Waals surface area contributed by atoms with Crippen molar-refractivity contribution in [3.8, 4) is 5.75 Å². The van der Waals surface area contributed by atoms with Gasteiger partial charge < -0.3 is 19.9 Å². The number of benzene rings is 3. The molecule has 0 bridgehead atoms. The number of nitrogens with zero attached hydrogens (tertiary/aromatic N) is 2. The largest absolute Gasteiger partial charge is 0.412 e. The molecule has 0 unspecified atom stereocenters. The Hall–Kier alpha value is -4.13. The van der Waals surface area contributed by atoms with E-state index in [0.717, 1.165) is 53.9 Å². The van der Waals surface area contributed by atoms with Gasteiger partial charge in [-0.1, -0.05) is 76.8 Å². The van der Waals surface area contributed by atoms with Crippen LogP contribution in [0.1, 0.15) is 81.0 Å². The summed E-state index contributed by atoms with van der Waals surface area (Å²) < 4.78 is 7.71. The molecule has 2 N–H and O–H groups in total. The molecule has 0 aliphatic carbocycles. The highest BCUT2D eigenvalue weighted by Gasteiger charge is 2.15. The van der Waals surface area contributed by atoms with Crippen molar-refractivity contribution in [2.24, 2.45) is 5.92 Å². The Morgan fingerprint density at radius 3 is 2.41 bits per heavy atom. The number of hydrogen-bond acceptors (Lipinski definition) is 4. The van der Waals surface area contributed by atoms with Crippen molar-refractivity contribution in [1.29, 1.82) is 0 Å². The van der Waals surface area contributed by atoms with Crippen molar-refractivity contribution in [2.75, 3.05) is 11.9 Å². The van der Waals surface area contributed by atoms with E-state index in [1.165, 1.54) is 19.3 Å². The van der Waals surface area contributed by atoms with E-state index in [-0.39, 0.29) is 5.91 Å². The van der Waals surface area contributed by atoms with Gasteiger partial charge in [0.1, 0.15) is 11.6 Å². The molecule has 0 aliphatic rings. The number of carbonyl (C=O) groups excluding carboxylic acids is 2. The van der Waals surface area contributed by atoms with Crippen molar-refractivity contribution < 1.29 is 14.3 Å². The van der Waals surface area contributed by atoms with Crippen LogP contribution in [0.5, 0.6) is 5.75 Å². The van der Waals surface area contributed by atoms with E-state index >= 15 is 0 Å². The lowest BCUT2D eigenvalue weighted by molar-refractivity contribution is 0.102. The van der Waals surface area contributed by atoms with Crippen molar-refractivity contribution in [1.82, 2.24) is 14.9 Å². The van der Waals surface area contributed by atoms with E-state index in [0.29, 0.717) is 30.2 Å². The number of aromatic nitrogens is 2. The van der Waals surface area contributed by atoms with E-state index in [1.807, 2.05) is 72.8 Å². The minimum atomic E-state index is -0.421. The zero-order chi connectivity index (χ0) is 29.0. The highest BCUT2D eigenvalue weighted by atomic mass is 16.6. The number of fused-ring (bicyclic) bond motifs is 1. The second kappa shape index (κ2) is 15.0. The average Bonchev–Trinajstić information content (AvgIpc) is 3.31. The molecule has 41 heavy (non-hydrogen) atoms. The van der Waals surface area contributed by atoms with Crippen LogP contribution in [0.2, 0.25) is 0 Å². The van der Waals surface area contributed by atoms with Gasteiger partial charge in [-0.15, -0.1) is 0 Å². The molecule has 0 saturated heterocycles. The van der Waals surface area contributed by atoms with E-state index in [9.17, 15) is 9.59 Å². The van der Waals surface area contributed by atoms with Gasteiger partial charge in [-0.3, -0.25) is 4.79 Å². The SMILES string of the molecule is CCCCCCCNC(=O)Oc1ccc(Cc2nc3cc(C(=O)Nc4ccccc4)ccc3n2CCC(C)C)cc1. The van der Waals surface area contributed by atoms with Gasteiger partial charge in [0.05, 0.1) is 11.0 Å². The molecule has 1 aromatic heterocycles. The van der Waals surface area contributed by atoms with Crippen LogP contribution in [-0.2, 0) is 13.0 Å². The molecule has 0 fully saturated rings. The van der Waals surface area contributed by atoms with Crippen molar-refractivity contribution in [3.05, 3.63) is 89.7 Å². The van der Waals surface area contributed by atoms with Crippen LogP contribution in [0.4, 0.5) is 10.5 Å². The van der Waals surface area contributed by atoms with Gasteiger partial charge in [0.15, 0.2) is 0 Å². The summed E-state index contributed by atoms with van der Waals surface area (Å²) >= 11 is 0. The number of unbranched alkanes of at least 4 members (excludes halogenated alkanes) is 4. The van der Waals surface area contributed by atoms with Crippen LogP contribution in [0.3, 0.4) is 0 Å². The van der Waals surface area contributed by atoms with E-state index in [1.54, 1.807) is 0 Å². The number of anilines is 1. The van der Waals surface area contributed by atoms with Gasteiger partial charge in [-0.25, -0.2) is 9.78 Å². The smallest absolute Gasteiger partial charge is 0.410 e. The van der Waals surface area contributed by atoms with E-state index < -0.39 is 6.09 Å². The third-order valence-corrected chi connectivity index (χ3v) is 7.10. The Morgan fingerprint density at radius 2 is 1.68 bits per heavy atom. The minimum absolute atomic E-state index is 0.160. The van der Waals surface area contributed by atoms with Crippen LogP contribution in [0.25, 0.3) is 11.0 Å². The second-order valence-electron chi connectivity index (χ2n) is 10.9. The molecular weight excluding hydrogens is 512 g/mol. The van der Waals surface area contributed by atoms with Gasteiger partial charge in [0.2, 0.25) is 0 Å². The summed E-state index contributed by atoms with van der Waals surface area (Å²) in [6, 6.07) is 22.7. The summed E-state index contributed by atoms with van der Waals surface area (Å²) in [7, 11) is 0. The third-order valence-electron chi connectivity index (χ3n) is 7.10. The number of ether oxygens (including phenoxy) is 1. The van der Waals surface area contributed by atoms with Crippen LogP contribution in [0.15, 0.2) is 72.8 Å². The average molecular weight is 555 g/mol.